The molecule has 2 aromatic rings. The van der Waals surface area contributed by atoms with Gasteiger partial charge in [-0.1, -0.05) is 49.4 Å². The Bertz CT molecular complexity index is 1080. The fraction of sp³-hybridized carbons (Fsp3) is 0.440. The zero-order chi connectivity index (χ0) is 28.5. The summed E-state index contributed by atoms with van der Waals surface area (Å²) in [6, 6.07) is 5.43. The van der Waals surface area contributed by atoms with Gasteiger partial charge in [0.2, 0.25) is 11.8 Å². The van der Waals surface area contributed by atoms with Gasteiger partial charge >= 0.3 is 12.4 Å². The molecule has 0 aliphatic rings. The Balaban J connectivity index is 2.24. The molecule has 0 atom stereocenters. The van der Waals surface area contributed by atoms with Crippen LogP contribution in [0.25, 0.3) is 0 Å². The Morgan fingerprint density at radius 3 is 1.97 bits per heavy atom. The molecule has 0 aliphatic heterocycles. The summed E-state index contributed by atoms with van der Waals surface area (Å²) < 4.78 is 79.8. The maximum Gasteiger partial charge on any atom is 0.416 e. The van der Waals surface area contributed by atoms with Gasteiger partial charge in [-0.3, -0.25) is 14.5 Å². The normalized spacial score (nSPS) is 12.1. The van der Waals surface area contributed by atoms with Crippen LogP contribution in [-0.2, 0) is 28.5 Å². The average Bonchev–Trinajstić information content (AvgIpc) is 2.80. The highest BCUT2D eigenvalue weighted by Crippen LogP contribution is 2.36. The van der Waals surface area contributed by atoms with E-state index < -0.39 is 54.9 Å². The van der Waals surface area contributed by atoms with E-state index in [0.29, 0.717) is 25.1 Å². The number of anilines is 1. The maximum atomic E-state index is 13.3. The fourth-order valence-corrected chi connectivity index (χ4v) is 3.85. The second-order valence-corrected chi connectivity index (χ2v) is 9.46. The first-order valence-electron chi connectivity index (χ1n) is 11.7. The monoisotopic (exact) mass is 585 g/mol. The van der Waals surface area contributed by atoms with Crippen LogP contribution in [0.1, 0.15) is 49.3 Å². The van der Waals surface area contributed by atoms with Crippen molar-refractivity contribution in [1.82, 2.24) is 10.2 Å². The second-order valence-electron chi connectivity index (χ2n) is 8.65. The minimum Gasteiger partial charge on any atom is -0.355 e. The lowest BCUT2D eigenvalue weighted by atomic mass is 10.0. The first-order valence-corrected chi connectivity index (χ1v) is 12.5. The van der Waals surface area contributed by atoms with Gasteiger partial charge < -0.3 is 10.6 Å². The topological polar surface area (TPSA) is 61.4 Å². The molecule has 0 unspecified atom stereocenters. The fourth-order valence-electron chi connectivity index (χ4n) is 3.55. The largest absolute Gasteiger partial charge is 0.416 e. The van der Waals surface area contributed by atoms with Gasteiger partial charge in [0.15, 0.2) is 0 Å². The average molecular weight is 586 g/mol. The van der Waals surface area contributed by atoms with Crippen molar-refractivity contribution in [2.75, 3.05) is 25.0 Å². The second kappa shape index (κ2) is 14.0. The summed E-state index contributed by atoms with van der Waals surface area (Å²) in [6.07, 6.45) is -6.48. The third-order valence-electron chi connectivity index (χ3n) is 5.34. The lowest BCUT2D eigenvalue weighted by Gasteiger charge is -2.23. The Morgan fingerprint density at radius 2 is 1.42 bits per heavy atom. The molecule has 13 heteroatoms. The number of nitrogens with zero attached hydrogens (tertiary/aromatic N) is 1. The summed E-state index contributed by atoms with van der Waals surface area (Å²) in [5.41, 5.74) is -3.06. The van der Waals surface area contributed by atoms with Crippen LogP contribution in [0.2, 0.25) is 10.0 Å². The molecule has 2 N–H and O–H groups in total. The van der Waals surface area contributed by atoms with E-state index in [1.807, 2.05) is 6.92 Å². The van der Waals surface area contributed by atoms with E-state index in [0.717, 1.165) is 24.2 Å². The number of rotatable bonds is 12. The summed E-state index contributed by atoms with van der Waals surface area (Å²) in [4.78, 5) is 26.3. The first kappa shape index (κ1) is 31.7. The van der Waals surface area contributed by atoms with Crippen molar-refractivity contribution in [1.29, 1.82) is 0 Å². The van der Waals surface area contributed by atoms with E-state index in [2.05, 4.69) is 10.6 Å². The predicted molar refractivity (Wildman–Crippen MR) is 134 cm³/mol. The van der Waals surface area contributed by atoms with E-state index in [1.165, 1.54) is 18.2 Å². The van der Waals surface area contributed by atoms with Crippen molar-refractivity contribution < 1.29 is 35.9 Å². The molecule has 0 fully saturated rings. The van der Waals surface area contributed by atoms with Gasteiger partial charge in [-0.05, 0) is 48.4 Å². The number of alkyl halides is 6. The highest BCUT2D eigenvalue weighted by atomic mass is 35.5. The quantitative estimate of drug-likeness (QED) is 0.205. The molecule has 5 nitrogen and oxygen atoms in total. The Labute approximate surface area is 226 Å². The number of benzene rings is 2. The minimum atomic E-state index is -5.03. The van der Waals surface area contributed by atoms with Gasteiger partial charge in [-0.15, -0.1) is 0 Å². The molecule has 0 radical (unpaired) electrons. The van der Waals surface area contributed by atoms with E-state index in [9.17, 15) is 35.9 Å². The molecule has 38 heavy (non-hydrogen) atoms. The van der Waals surface area contributed by atoms with Gasteiger partial charge in [0.05, 0.1) is 34.3 Å². The van der Waals surface area contributed by atoms with Gasteiger partial charge in [0.1, 0.15) is 0 Å². The van der Waals surface area contributed by atoms with Crippen molar-refractivity contribution in [2.45, 2.75) is 51.5 Å². The van der Waals surface area contributed by atoms with E-state index in [1.54, 1.807) is 0 Å². The predicted octanol–water partition coefficient (Wildman–Crippen LogP) is 7.17. The molecule has 210 valence electrons. The van der Waals surface area contributed by atoms with E-state index in [4.69, 9.17) is 23.2 Å². The first-order chi connectivity index (χ1) is 17.7. The van der Waals surface area contributed by atoms with Gasteiger partial charge in [0.25, 0.3) is 0 Å². The summed E-state index contributed by atoms with van der Waals surface area (Å²) in [5.74, 6) is -1.19. The molecule has 0 bridgehead atoms. The van der Waals surface area contributed by atoms with Gasteiger partial charge in [-0.2, -0.15) is 26.3 Å². The summed E-state index contributed by atoms with van der Waals surface area (Å²) >= 11 is 11.8. The van der Waals surface area contributed by atoms with Crippen LogP contribution in [0.3, 0.4) is 0 Å². The number of carbonyl (C=O) groups excluding carboxylic acids is 2. The summed E-state index contributed by atoms with van der Waals surface area (Å²) in [6.45, 7) is 0.924. The molecule has 2 amide bonds. The van der Waals surface area contributed by atoms with Crippen LogP contribution in [0.5, 0.6) is 0 Å². The Kier molecular flexibility index (Phi) is 11.7. The van der Waals surface area contributed by atoms with E-state index >= 15 is 0 Å². The highest BCUT2D eigenvalue weighted by molar-refractivity contribution is 6.42. The zero-order valence-electron chi connectivity index (χ0n) is 20.4. The molecule has 0 heterocycles. The molecule has 0 saturated heterocycles. The van der Waals surface area contributed by atoms with Crippen molar-refractivity contribution in [3.63, 3.8) is 0 Å². The lowest BCUT2D eigenvalue weighted by molar-refractivity contribution is -0.143. The SMILES string of the molecule is CCCCCCNC(=O)CN(CC(=O)Nc1ccc(Cl)c(Cl)c1)Cc1cc(C(F)(F)F)cc(C(F)(F)F)c1. The van der Waals surface area contributed by atoms with Crippen molar-refractivity contribution in [2.24, 2.45) is 0 Å². The number of hydrogen-bond donors (Lipinski definition) is 2. The van der Waals surface area contributed by atoms with Crippen molar-refractivity contribution in [3.8, 4) is 0 Å². The number of carbonyl (C=O) groups is 2. The molecule has 0 aliphatic carbocycles. The summed E-state index contributed by atoms with van der Waals surface area (Å²) in [7, 11) is 0. The number of amides is 2. The smallest absolute Gasteiger partial charge is 0.355 e. The van der Waals surface area contributed by atoms with Crippen LogP contribution in [-0.4, -0.2) is 36.3 Å². The molecule has 2 rings (SSSR count). The van der Waals surface area contributed by atoms with Gasteiger partial charge in [-0.25, -0.2) is 0 Å². The Hall–Kier alpha value is -2.50. The van der Waals surface area contributed by atoms with Crippen molar-refractivity contribution in [3.05, 3.63) is 63.1 Å². The molecule has 2 aromatic carbocycles. The third kappa shape index (κ3) is 10.7. The van der Waals surface area contributed by atoms with Crippen LogP contribution >= 0.6 is 23.2 Å². The zero-order valence-corrected chi connectivity index (χ0v) is 21.9. The standard InChI is InChI=1S/C25H27Cl2F6N3O2/c1-2-3-4-5-8-34-22(37)14-36(15-23(38)35-19-6-7-20(26)21(27)12-19)13-16-9-17(24(28,29)30)11-18(10-16)25(31,32)33/h6-7,9-12H,2-5,8,13-15H2,1H3,(H,34,37)(H,35,38). The van der Waals surface area contributed by atoms with Crippen LogP contribution in [0.15, 0.2) is 36.4 Å². The Morgan fingerprint density at radius 1 is 0.816 bits per heavy atom. The van der Waals surface area contributed by atoms with Gasteiger partial charge in [0, 0.05) is 18.8 Å². The number of unbranched alkanes of at least 4 members (excludes halogenated alkanes) is 3. The molecular weight excluding hydrogens is 559 g/mol. The number of hydrogen-bond acceptors (Lipinski definition) is 3. The van der Waals surface area contributed by atoms with E-state index in [-0.39, 0.29) is 27.4 Å². The minimum absolute atomic E-state index is 0.0217. The highest BCUT2D eigenvalue weighted by Gasteiger charge is 2.37. The van der Waals surface area contributed by atoms with Crippen molar-refractivity contribution >= 4 is 40.7 Å². The molecule has 0 spiro atoms. The van der Waals surface area contributed by atoms with Crippen LogP contribution in [0.4, 0.5) is 32.0 Å². The molecule has 0 aromatic heterocycles. The lowest BCUT2D eigenvalue weighted by Crippen LogP contribution is -2.41. The summed E-state index contributed by atoms with van der Waals surface area (Å²) in [5, 5.41) is 5.59. The third-order valence-corrected chi connectivity index (χ3v) is 6.08. The molecule has 0 saturated carbocycles. The molecular formula is C25H27Cl2F6N3O2. The van der Waals surface area contributed by atoms with Crippen LogP contribution in [0, 0.1) is 0 Å². The maximum absolute atomic E-state index is 13.3. The van der Waals surface area contributed by atoms with Crippen LogP contribution < -0.4 is 10.6 Å². The number of nitrogens with one attached hydrogen (secondary N) is 2. The number of halogens is 8.